The largest absolute Gasteiger partial charge is 0.478 e. The predicted molar refractivity (Wildman–Crippen MR) is 59.0 cm³/mol. The Balaban J connectivity index is 5.01. The molecule has 0 saturated heterocycles. The van der Waals surface area contributed by atoms with Crippen LogP contribution < -0.4 is 0 Å². The highest BCUT2D eigenvalue weighted by atomic mass is 28.1. The molecule has 0 aromatic heterocycles. The zero-order chi connectivity index (χ0) is 10.6. The Hall–Kier alpha value is -0.573. The topological polar surface area (TPSA) is 37.3 Å². The molecule has 0 aliphatic carbocycles. The molecule has 3 heteroatoms. The summed E-state index contributed by atoms with van der Waals surface area (Å²) in [5, 5.41) is 10.2. The van der Waals surface area contributed by atoms with Crippen LogP contribution in [0.1, 0.15) is 40.5 Å². The monoisotopic (exact) mass is 200 g/mol. The molecule has 0 saturated carbocycles. The van der Waals surface area contributed by atoms with E-state index >= 15 is 0 Å². The van der Waals surface area contributed by atoms with Gasteiger partial charge in [0.2, 0.25) is 0 Å². The van der Waals surface area contributed by atoms with Crippen molar-refractivity contribution in [3.05, 3.63) is 10.8 Å². The number of allylic oxidation sites excluding steroid dienone is 1. The Morgan fingerprint density at radius 2 is 1.85 bits per heavy atom. The minimum absolute atomic E-state index is 0.224. The highest BCUT2D eigenvalue weighted by molar-refractivity contribution is 6.24. The van der Waals surface area contributed by atoms with Crippen LogP contribution in [-0.4, -0.2) is 21.3 Å². The fourth-order valence-corrected chi connectivity index (χ4v) is 3.11. The van der Waals surface area contributed by atoms with E-state index in [1.807, 2.05) is 20.8 Å². The minimum Gasteiger partial charge on any atom is -0.478 e. The van der Waals surface area contributed by atoms with Gasteiger partial charge in [-0.1, -0.05) is 39.3 Å². The molecule has 0 aliphatic rings. The summed E-state index contributed by atoms with van der Waals surface area (Å²) < 4.78 is 0. The van der Waals surface area contributed by atoms with Crippen LogP contribution in [0.3, 0.4) is 0 Å². The van der Waals surface area contributed by atoms with Crippen LogP contribution >= 0.6 is 0 Å². The Morgan fingerprint density at radius 3 is 2.08 bits per heavy atom. The van der Waals surface area contributed by atoms with E-state index in [1.54, 1.807) is 0 Å². The maximum Gasteiger partial charge on any atom is 0.331 e. The van der Waals surface area contributed by atoms with Gasteiger partial charge in [-0.25, -0.2) is 4.79 Å². The summed E-state index contributed by atoms with van der Waals surface area (Å²) >= 11 is 0. The lowest BCUT2D eigenvalue weighted by molar-refractivity contribution is -0.133. The molecule has 2 nitrogen and oxygen atoms in total. The van der Waals surface area contributed by atoms with E-state index in [1.165, 1.54) is 0 Å². The van der Waals surface area contributed by atoms with Crippen LogP contribution in [0.15, 0.2) is 10.8 Å². The number of rotatable bonds is 3. The van der Waals surface area contributed by atoms with Gasteiger partial charge in [-0.2, -0.15) is 0 Å². The summed E-state index contributed by atoms with van der Waals surface area (Å²) in [5.74, 6) is -0.744. The van der Waals surface area contributed by atoms with Crippen LogP contribution in [0.5, 0.6) is 0 Å². The number of aliphatic carboxylic acids is 1. The van der Waals surface area contributed by atoms with Crippen LogP contribution in [0.2, 0.25) is 0 Å². The van der Waals surface area contributed by atoms with E-state index in [0.29, 0.717) is 5.57 Å². The molecule has 0 aromatic carbocycles. The molecule has 0 rings (SSSR count). The van der Waals surface area contributed by atoms with E-state index in [-0.39, 0.29) is 5.41 Å². The SMILES string of the molecule is CCCC([SiH3])=C(C(=O)O)C(C)(C)C. The Bertz CT molecular complexity index is 224. The van der Waals surface area contributed by atoms with Crippen molar-refractivity contribution in [2.75, 3.05) is 0 Å². The van der Waals surface area contributed by atoms with E-state index in [0.717, 1.165) is 28.3 Å². The van der Waals surface area contributed by atoms with Crippen molar-refractivity contribution >= 4 is 16.2 Å². The van der Waals surface area contributed by atoms with Crippen molar-refractivity contribution in [2.45, 2.75) is 40.5 Å². The zero-order valence-electron chi connectivity index (χ0n) is 9.27. The molecular formula is C10H20O2Si. The molecule has 0 fully saturated rings. The van der Waals surface area contributed by atoms with Gasteiger partial charge in [0.15, 0.2) is 0 Å². The first-order valence-electron chi connectivity index (χ1n) is 4.74. The highest BCUT2D eigenvalue weighted by Gasteiger charge is 2.24. The summed E-state index contributed by atoms with van der Waals surface area (Å²) in [6.07, 6.45) is 1.97. The van der Waals surface area contributed by atoms with Gasteiger partial charge < -0.3 is 5.11 Å². The first kappa shape index (κ1) is 12.4. The molecule has 13 heavy (non-hydrogen) atoms. The molecule has 0 atom stereocenters. The third-order valence-electron chi connectivity index (χ3n) is 2.02. The fourth-order valence-electron chi connectivity index (χ4n) is 1.64. The predicted octanol–water partition coefficient (Wildman–Crippen LogP) is 1.54. The van der Waals surface area contributed by atoms with Gasteiger partial charge in [0.05, 0.1) is 0 Å². The summed E-state index contributed by atoms with van der Waals surface area (Å²) in [6.45, 7) is 7.97. The van der Waals surface area contributed by atoms with Gasteiger partial charge >= 0.3 is 5.97 Å². The molecule has 0 bridgehead atoms. The van der Waals surface area contributed by atoms with E-state index in [2.05, 4.69) is 6.92 Å². The van der Waals surface area contributed by atoms with Crippen molar-refractivity contribution < 1.29 is 9.90 Å². The van der Waals surface area contributed by atoms with Crippen molar-refractivity contribution in [1.29, 1.82) is 0 Å². The van der Waals surface area contributed by atoms with E-state index in [4.69, 9.17) is 5.11 Å². The van der Waals surface area contributed by atoms with Gasteiger partial charge in [0, 0.05) is 15.8 Å². The maximum atomic E-state index is 11.0. The van der Waals surface area contributed by atoms with E-state index < -0.39 is 5.97 Å². The standard InChI is InChI=1S/C10H20O2Si/c1-5-6-7(13)8(9(11)12)10(2,3)4/h5-6H2,1-4,13H3,(H,11,12). The number of hydrogen-bond donors (Lipinski definition) is 1. The smallest absolute Gasteiger partial charge is 0.331 e. The van der Waals surface area contributed by atoms with Crippen LogP contribution in [0, 0.1) is 5.41 Å². The fraction of sp³-hybridized carbons (Fsp3) is 0.700. The lowest BCUT2D eigenvalue weighted by Gasteiger charge is -2.22. The summed E-state index contributed by atoms with van der Waals surface area (Å²) in [5.41, 5.74) is 0.402. The molecule has 0 aliphatic heterocycles. The highest BCUT2D eigenvalue weighted by Crippen LogP contribution is 2.28. The third kappa shape index (κ3) is 3.76. The van der Waals surface area contributed by atoms with E-state index in [9.17, 15) is 4.79 Å². The summed E-state index contributed by atoms with van der Waals surface area (Å²) in [7, 11) is 0.859. The molecule has 0 amide bonds. The molecular weight excluding hydrogens is 180 g/mol. The number of carbonyl (C=O) groups is 1. The second-order valence-electron chi connectivity index (χ2n) is 4.46. The van der Waals surface area contributed by atoms with Crippen molar-refractivity contribution in [2.24, 2.45) is 5.41 Å². The zero-order valence-corrected chi connectivity index (χ0v) is 11.3. The third-order valence-corrected chi connectivity index (χ3v) is 3.02. The first-order valence-corrected chi connectivity index (χ1v) is 5.74. The lowest BCUT2D eigenvalue weighted by atomic mass is 9.85. The minimum atomic E-state index is -0.744. The average Bonchev–Trinajstić information content (AvgIpc) is 1.82. The van der Waals surface area contributed by atoms with Crippen LogP contribution in [-0.2, 0) is 4.79 Å². The Kier molecular flexibility index (Phi) is 4.40. The molecule has 0 unspecified atom stereocenters. The molecule has 0 aromatic rings. The normalized spacial score (nSPS) is 14.2. The van der Waals surface area contributed by atoms with Gasteiger partial charge in [0.25, 0.3) is 0 Å². The number of carboxylic acids is 1. The molecule has 0 radical (unpaired) electrons. The van der Waals surface area contributed by atoms with Crippen molar-refractivity contribution in [3.63, 3.8) is 0 Å². The van der Waals surface area contributed by atoms with Gasteiger partial charge in [-0.05, 0) is 11.8 Å². The summed E-state index contributed by atoms with van der Waals surface area (Å²) in [4.78, 5) is 11.0. The maximum absolute atomic E-state index is 11.0. The van der Waals surface area contributed by atoms with Gasteiger partial charge in [-0.3, -0.25) is 0 Å². The molecule has 0 spiro atoms. The van der Waals surface area contributed by atoms with Crippen molar-refractivity contribution in [3.8, 4) is 0 Å². The number of carboxylic acid groups (broad SMARTS) is 1. The van der Waals surface area contributed by atoms with Gasteiger partial charge in [-0.15, -0.1) is 0 Å². The molecule has 76 valence electrons. The van der Waals surface area contributed by atoms with Gasteiger partial charge in [0.1, 0.15) is 0 Å². The first-order chi connectivity index (χ1) is 5.80. The average molecular weight is 200 g/mol. The van der Waals surface area contributed by atoms with Crippen LogP contribution in [0.4, 0.5) is 0 Å². The lowest BCUT2D eigenvalue weighted by Crippen LogP contribution is -2.20. The summed E-state index contributed by atoms with van der Waals surface area (Å²) in [6, 6.07) is 0. The quantitative estimate of drug-likeness (QED) is 0.554. The Morgan fingerprint density at radius 1 is 1.38 bits per heavy atom. The molecule has 0 heterocycles. The number of hydrogen-bond acceptors (Lipinski definition) is 1. The Labute approximate surface area is 83.5 Å². The molecule has 1 N–H and O–H groups in total. The second kappa shape index (κ2) is 4.60. The van der Waals surface area contributed by atoms with Crippen molar-refractivity contribution in [1.82, 2.24) is 0 Å². The van der Waals surface area contributed by atoms with Crippen LogP contribution in [0.25, 0.3) is 0 Å². The second-order valence-corrected chi connectivity index (χ2v) is 5.67.